The van der Waals surface area contributed by atoms with Gasteiger partial charge in [-0.25, -0.2) is 0 Å². The van der Waals surface area contributed by atoms with Crippen molar-refractivity contribution in [3.05, 3.63) is 12.3 Å². The van der Waals surface area contributed by atoms with Crippen LogP contribution in [0.2, 0.25) is 0 Å². The molecule has 5 nitrogen and oxygen atoms in total. The van der Waals surface area contributed by atoms with E-state index in [0.29, 0.717) is 0 Å². The molecule has 0 saturated carbocycles. The summed E-state index contributed by atoms with van der Waals surface area (Å²) in [6.45, 7) is 1.73. The minimum atomic E-state index is -0.102. The smallest absolute Gasteiger partial charge is 0.235 e. The number of halogens is 1. The number of alkyl halides is 1. The number of hydrogen-bond donors (Lipinski definition) is 1. The minimum absolute atomic E-state index is 0.0279. The summed E-state index contributed by atoms with van der Waals surface area (Å²) in [7, 11) is 1.90. The second kappa shape index (κ2) is 4.74. The fourth-order valence-electron chi connectivity index (χ4n) is 1.92. The highest BCUT2D eigenvalue weighted by Gasteiger charge is 2.24. The van der Waals surface area contributed by atoms with Crippen LogP contribution in [0.5, 0.6) is 0 Å². The first-order valence-electron chi connectivity index (χ1n) is 5.29. The van der Waals surface area contributed by atoms with Gasteiger partial charge in [0.1, 0.15) is 5.88 Å². The fourth-order valence-corrected chi connectivity index (χ4v) is 2.00. The summed E-state index contributed by atoms with van der Waals surface area (Å²) in [4.78, 5) is 13.3. The zero-order chi connectivity index (χ0) is 11.5. The summed E-state index contributed by atoms with van der Waals surface area (Å²) >= 11 is 5.45. The van der Waals surface area contributed by atoms with Crippen molar-refractivity contribution < 1.29 is 4.79 Å². The lowest BCUT2D eigenvalue weighted by Crippen LogP contribution is -2.37. The summed E-state index contributed by atoms with van der Waals surface area (Å²) < 4.78 is 1.78. The Balaban J connectivity index is 1.90. The molecule has 6 heteroatoms. The molecule has 1 aromatic heterocycles. The van der Waals surface area contributed by atoms with Crippen LogP contribution in [-0.4, -0.2) is 40.7 Å². The van der Waals surface area contributed by atoms with Gasteiger partial charge in [0.05, 0.1) is 0 Å². The molecular formula is C10H15ClN4O. The minimum Gasteiger partial charge on any atom is -0.353 e. The summed E-state index contributed by atoms with van der Waals surface area (Å²) in [5, 5.41) is 7.22. The third kappa shape index (κ3) is 2.47. The molecule has 1 saturated heterocycles. The van der Waals surface area contributed by atoms with E-state index in [1.54, 1.807) is 4.68 Å². The first-order chi connectivity index (χ1) is 7.69. The second-order valence-electron chi connectivity index (χ2n) is 3.98. The van der Waals surface area contributed by atoms with Gasteiger partial charge >= 0.3 is 0 Å². The SMILES string of the molecule is Cn1ccc(N2CCC(NC(=O)CCl)C2)n1. The predicted octanol–water partition coefficient (Wildman–Crippen LogP) is 0.354. The molecule has 1 aliphatic heterocycles. The van der Waals surface area contributed by atoms with Crippen molar-refractivity contribution in [1.82, 2.24) is 15.1 Å². The van der Waals surface area contributed by atoms with Crippen LogP contribution >= 0.6 is 11.6 Å². The van der Waals surface area contributed by atoms with Gasteiger partial charge in [-0.15, -0.1) is 11.6 Å². The van der Waals surface area contributed by atoms with Crippen LogP contribution in [0, 0.1) is 0 Å². The Morgan fingerprint density at radius 2 is 2.56 bits per heavy atom. The Morgan fingerprint density at radius 1 is 1.75 bits per heavy atom. The van der Waals surface area contributed by atoms with Gasteiger partial charge in [0, 0.05) is 38.4 Å². The molecule has 2 heterocycles. The molecule has 1 aromatic rings. The number of nitrogens with zero attached hydrogens (tertiary/aromatic N) is 3. The molecule has 88 valence electrons. The maximum atomic E-state index is 11.1. The molecule has 1 unspecified atom stereocenters. The number of anilines is 1. The summed E-state index contributed by atoms with van der Waals surface area (Å²) in [6.07, 6.45) is 2.86. The van der Waals surface area contributed by atoms with E-state index in [4.69, 9.17) is 11.6 Å². The number of amides is 1. The van der Waals surface area contributed by atoms with Gasteiger partial charge in [-0.1, -0.05) is 0 Å². The van der Waals surface area contributed by atoms with E-state index in [0.717, 1.165) is 25.3 Å². The van der Waals surface area contributed by atoms with Crippen molar-refractivity contribution in [1.29, 1.82) is 0 Å². The van der Waals surface area contributed by atoms with Gasteiger partial charge < -0.3 is 10.2 Å². The maximum absolute atomic E-state index is 11.1. The highest BCUT2D eigenvalue weighted by molar-refractivity contribution is 6.27. The van der Waals surface area contributed by atoms with Gasteiger partial charge in [0.25, 0.3) is 0 Å². The molecule has 1 atom stereocenters. The van der Waals surface area contributed by atoms with E-state index >= 15 is 0 Å². The molecule has 1 amide bonds. The van der Waals surface area contributed by atoms with Crippen LogP contribution in [-0.2, 0) is 11.8 Å². The number of carbonyl (C=O) groups excluding carboxylic acids is 1. The lowest BCUT2D eigenvalue weighted by Gasteiger charge is -2.15. The molecule has 0 radical (unpaired) electrons. The average molecular weight is 243 g/mol. The normalized spacial score (nSPS) is 20.1. The second-order valence-corrected chi connectivity index (χ2v) is 4.25. The van der Waals surface area contributed by atoms with Gasteiger partial charge in [0.15, 0.2) is 5.82 Å². The van der Waals surface area contributed by atoms with Crippen LogP contribution in [0.25, 0.3) is 0 Å². The lowest BCUT2D eigenvalue weighted by molar-refractivity contribution is -0.119. The quantitative estimate of drug-likeness (QED) is 0.779. The van der Waals surface area contributed by atoms with Crippen LogP contribution in [0.4, 0.5) is 5.82 Å². The van der Waals surface area contributed by atoms with Crippen LogP contribution in [0.15, 0.2) is 12.3 Å². The topological polar surface area (TPSA) is 50.2 Å². The van der Waals surface area contributed by atoms with Crippen molar-refractivity contribution in [2.45, 2.75) is 12.5 Å². The highest BCUT2D eigenvalue weighted by Crippen LogP contribution is 2.17. The van der Waals surface area contributed by atoms with Crippen molar-refractivity contribution >= 4 is 23.3 Å². The molecule has 0 bridgehead atoms. The van der Waals surface area contributed by atoms with Crippen molar-refractivity contribution in [3.8, 4) is 0 Å². The summed E-state index contributed by atoms with van der Waals surface area (Å²) in [5.74, 6) is 0.889. The number of aryl methyl sites for hydroxylation is 1. The van der Waals surface area contributed by atoms with E-state index in [9.17, 15) is 4.79 Å². The first-order valence-corrected chi connectivity index (χ1v) is 5.82. The van der Waals surface area contributed by atoms with Crippen molar-refractivity contribution in [3.63, 3.8) is 0 Å². The van der Waals surface area contributed by atoms with Crippen LogP contribution < -0.4 is 10.2 Å². The Bertz CT molecular complexity index is 379. The number of hydrogen-bond acceptors (Lipinski definition) is 3. The summed E-state index contributed by atoms with van der Waals surface area (Å²) in [6, 6.07) is 2.17. The largest absolute Gasteiger partial charge is 0.353 e. The molecule has 0 spiro atoms. The average Bonchev–Trinajstić information content (AvgIpc) is 2.87. The predicted molar refractivity (Wildman–Crippen MR) is 62.7 cm³/mol. The Kier molecular flexibility index (Phi) is 3.33. The third-order valence-corrected chi connectivity index (χ3v) is 2.94. The van der Waals surface area contributed by atoms with E-state index in [1.807, 2.05) is 19.3 Å². The van der Waals surface area contributed by atoms with E-state index in [2.05, 4.69) is 15.3 Å². The van der Waals surface area contributed by atoms with E-state index < -0.39 is 0 Å². The Morgan fingerprint density at radius 3 is 3.19 bits per heavy atom. The highest BCUT2D eigenvalue weighted by atomic mass is 35.5. The maximum Gasteiger partial charge on any atom is 0.235 e. The van der Waals surface area contributed by atoms with Gasteiger partial charge in [-0.3, -0.25) is 9.48 Å². The molecular weight excluding hydrogens is 228 g/mol. The lowest BCUT2D eigenvalue weighted by atomic mass is 10.2. The van der Waals surface area contributed by atoms with Crippen molar-refractivity contribution in [2.24, 2.45) is 7.05 Å². The third-order valence-electron chi connectivity index (χ3n) is 2.70. The zero-order valence-electron chi connectivity index (χ0n) is 9.19. The first kappa shape index (κ1) is 11.3. The van der Waals surface area contributed by atoms with Gasteiger partial charge in [-0.2, -0.15) is 5.10 Å². The van der Waals surface area contributed by atoms with E-state index in [-0.39, 0.29) is 17.8 Å². The number of nitrogens with one attached hydrogen (secondary N) is 1. The molecule has 1 N–H and O–H groups in total. The molecule has 0 aromatic carbocycles. The fraction of sp³-hybridized carbons (Fsp3) is 0.600. The summed E-state index contributed by atoms with van der Waals surface area (Å²) in [5.41, 5.74) is 0. The molecule has 1 aliphatic rings. The number of rotatable bonds is 3. The molecule has 16 heavy (non-hydrogen) atoms. The molecule has 1 fully saturated rings. The zero-order valence-corrected chi connectivity index (χ0v) is 9.94. The van der Waals surface area contributed by atoms with E-state index in [1.165, 1.54) is 0 Å². The molecule has 2 rings (SSSR count). The Labute approximate surface area is 99.4 Å². The van der Waals surface area contributed by atoms with Crippen molar-refractivity contribution in [2.75, 3.05) is 23.9 Å². The standard InChI is InChI=1S/C10H15ClN4O/c1-14-4-3-9(13-14)15-5-2-8(7-15)12-10(16)6-11/h3-4,8H,2,5-7H2,1H3,(H,12,16). The number of aromatic nitrogens is 2. The Hall–Kier alpha value is -1.23. The number of carbonyl (C=O) groups is 1. The van der Waals surface area contributed by atoms with Gasteiger partial charge in [0.2, 0.25) is 5.91 Å². The van der Waals surface area contributed by atoms with Crippen LogP contribution in [0.3, 0.4) is 0 Å². The molecule has 0 aliphatic carbocycles. The van der Waals surface area contributed by atoms with Crippen LogP contribution in [0.1, 0.15) is 6.42 Å². The monoisotopic (exact) mass is 242 g/mol. The van der Waals surface area contributed by atoms with Gasteiger partial charge in [-0.05, 0) is 6.42 Å².